The average Bonchev–Trinajstić information content (AvgIpc) is 2.95. The van der Waals surface area contributed by atoms with Gasteiger partial charge in [-0.3, -0.25) is 0 Å². The summed E-state index contributed by atoms with van der Waals surface area (Å²) in [4.78, 5) is 0. The quantitative estimate of drug-likeness (QED) is 0.909. The minimum absolute atomic E-state index is 0.156. The fraction of sp³-hybridized carbons (Fsp3) is 0.200. The fourth-order valence-corrected chi connectivity index (χ4v) is 3.55. The molecule has 1 aliphatic heterocycles. The largest absolute Gasteiger partial charge is 0.454 e. The van der Waals surface area contributed by atoms with Crippen LogP contribution in [0.4, 0.5) is 0 Å². The standard InChI is InChI=1S/C15H14ClNO4S/c16-13-4-2-1-3-12(13)9-22(18,19)17-8-11-5-6-14-15(7-11)21-10-20-14/h1-7,17H,8-10H2. The van der Waals surface area contributed by atoms with E-state index in [0.29, 0.717) is 22.1 Å². The number of hydrogen-bond acceptors (Lipinski definition) is 4. The maximum atomic E-state index is 12.1. The molecule has 7 heteroatoms. The van der Waals surface area contributed by atoms with Crippen molar-refractivity contribution in [1.82, 2.24) is 4.72 Å². The number of ether oxygens (including phenoxy) is 2. The third kappa shape index (κ3) is 3.52. The van der Waals surface area contributed by atoms with Gasteiger partial charge in [-0.15, -0.1) is 0 Å². The number of sulfonamides is 1. The number of fused-ring (bicyclic) bond motifs is 1. The second-order valence-corrected chi connectivity index (χ2v) is 7.07. The van der Waals surface area contributed by atoms with Crippen LogP contribution in [0.15, 0.2) is 42.5 Å². The summed E-state index contributed by atoms with van der Waals surface area (Å²) in [6.07, 6.45) is 0. The van der Waals surface area contributed by atoms with Gasteiger partial charge in [-0.25, -0.2) is 13.1 Å². The van der Waals surface area contributed by atoms with Gasteiger partial charge in [0.05, 0.1) is 5.75 Å². The SMILES string of the molecule is O=S(=O)(Cc1ccccc1Cl)NCc1ccc2c(c1)OCO2. The molecule has 0 saturated carbocycles. The number of halogens is 1. The Balaban J connectivity index is 1.66. The molecular weight excluding hydrogens is 326 g/mol. The van der Waals surface area contributed by atoms with Crippen molar-refractivity contribution in [2.24, 2.45) is 0 Å². The summed E-state index contributed by atoms with van der Waals surface area (Å²) in [5.41, 5.74) is 1.37. The molecule has 1 aliphatic rings. The molecule has 0 atom stereocenters. The van der Waals surface area contributed by atoms with Crippen LogP contribution in [0.5, 0.6) is 11.5 Å². The van der Waals surface area contributed by atoms with E-state index < -0.39 is 10.0 Å². The first-order valence-electron chi connectivity index (χ1n) is 6.63. The molecule has 0 unspecified atom stereocenters. The fourth-order valence-electron chi connectivity index (χ4n) is 2.12. The summed E-state index contributed by atoms with van der Waals surface area (Å²) in [6, 6.07) is 12.2. The van der Waals surface area contributed by atoms with Crippen molar-refractivity contribution in [3.8, 4) is 11.5 Å². The Morgan fingerprint density at radius 2 is 1.86 bits per heavy atom. The number of benzene rings is 2. The van der Waals surface area contributed by atoms with E-state index in [4.69, 9.17) is 21.1 Å². The van der Waals surface area contributed by atoms with Crippen molar-refractivity contribution < 1.29 is 17.9 Å². The van der Waals surface area contributed by atoms with Gasteiger partial charge in [0.1, 0.15) is 0 Å². The molecule has 2 aromatic carbocycles. The summed E-state index contributed by atoms with van der Waals surface area (Å²) in [7, 11) is -3.48. The zero-order valence-corrected chi connectivity index (χ0v) is 13.2. The first-order chi connectivity index (χ1) is 10.5. The minimum atomic E-state index is -3.48. The van der Waals surface area contributed by atoms with Gasteiger partial charge in [-0.1, -0.05) is 35.9 Å². The minimum Gasteiger partial charge on any atom is -0.454 e. The van der Waals surface area contributed by atoms with Crippen LogP contribution < -0.4 is 14.2 Å². The monoisotopic (exact) mass is 339 g/mol. The van der Waals surface area contributed by atoms with Crippen LogP contribution in [0.25, 0.3) is 0 Å². The van der Waals surface area contributed by atoms with Gasteiger partial charge >= 0.3 is 0 Å². The number of hydrogen-bond donors (Lipinski definition) is 1. The van der Waals surface area contributed by atoms with E-state index >= 15 is 0 Å². The molecule has 1 N–H and O–H groups in total. The van der Waals surface area contributed by atoms with Crippen molar-refractivity contribution in [2.75, 3.05) is 6.79 Å². The maximum absolute atomic E-state index is 12.1. The summed E-state index contributed by atoms with van der Waals surface area (Å²) in [6.45, 7) is 0.375. The summed E-state index contributed by atoms with van der Waals surface area (Å²) in [5.74, 6) is 1.14. The van der Waals surface area contributed by atoms with Gasteiger partial charge in [0, 0.05) is 11.6 Å². The second-order valence-electron chi connectivity index (χ2n) is 4.86. The van der Waals surface area contributed by atoms with Gasteiger partial charge in [0.15, 0.2) is 11.5 Å². The highest BCUT2D eigenvalue weighted by Crippen LogP contribution is 2.32. The lowest BCUT2D eigenvalue weighted by atomic mass is 10.2. The lowest BCUT2D eigenvalue weighted by Gasteiger charge is -2.08. The van der Waals surface area contributed by atoms with Crippen LogP contribution in [0, 0.1) is 0 Å². The Morgan fingerprint density at radius 1 is 1.09 bits per heavy atom. The third-order valence-corrected chi connectivity index (χ3v) is 4.88. The van der Waals surface area contributed by atoms with Gasteiger partial charge in [0.2, 0.25) is 16.8 Å². The van der Waals surface area contributed by atoms with Gasteiger partial charge < -0.3 is 9.47 Å². The van der Waals surface area contributed by atoms with E-state index in [0.717, 1.165) is 5.56 Å². The predicted octanol–water partition coefficient (Wildman–Crippen LogP) is 2.69. The molecule has 0 aliphatic carbocycles. The molecule has 0 amide bonds. The lowest BCUT2D eigenvalue weighted by molar-refractivity contribution is 0.174. The van der Waals surface area contributed by atoms with E-state index in [1.165, 1.54) is 0 Å². The van der Waals surface area contributed by atoms with E-state index in [-0.39, 0.29) is 19.1 Å². The maximum Gasteiger partial charge on any atom is 0.231 e. The van der Waals surface area contributed by atoms with Crippen LogP contribution >= 0.6 is 11.6 Å². The normalized spacial score (nSPS) is 13.3. The molecule has 116 valence electrons. The molecule has 0 spiro atoms. The van der Waals surface area contributed by atoms with E-state index in [2.05, 4.69) is 4.72 Å². The first-order valence-corrected chi connectivity index (χ1v) is 8.66. The molecule has 2 aromatic rings. The van der Waals surface area contributed by atoms with Crippen LogP contribution in [0.1, 0.15) is 11.1 Å². The molecule has 22 heavy (non-hydrogen) atoms. The molecule has 3 rings (SSSR count). The van der Waals surface area contributed by atoms with Crippen molar-refractivity contribution >= 4 is 21.6 Å². The summed E-state index contributed by atoms with van der Waals surface area (Å²) >= 11 is 5.99. The van der Waals surface area contributed by atoms with Crippen molar-refractivity contribution in [3.05, 3.63) is 58.6 Å². The Hall–Kier alpha value is -1.76. The van der Waals surface area contributed by atoms with Crippen LogP contribution in [-0.4, -0.2) is 15.2 Å². The molecule has 0 saturated heterocycles. The number of nitrogens with one attached hydrogen (secondary N) is 1. The molecule has 5 nitrogen and oxygen atoms in total. The number of rotatable bonds is 5. The van der Waals surface area contributed by atoms with E-state index in [1.54, 1.807) is 42.5 Å². The topological polar surface area (TPSA) is 64.6 Å². The summed E-state index contributed by atoms with van der Waals surface area (Å²) in [5, 5.41) is 0.441. The van der Waals surface area contributed by atoms with Crippen molar-refractivity contribution in [1.29, 1.82) is 0 Å². The highest BCUT2D eigenvalue weighted by Gasteiger charge is 2.16. The molecule has 1 heterocycles. The third-order valence-electron chi connectivity index (χ3n) is 3.24. The molecule has 0 aromatic heterocycles. The molecular formula is C15H14ClNO4S. The van der Waals surface area contributed by atoms with Crippen molar-refractivity contribution in [2.45, 2.75) is 12.3 Å². The average molecular weight is 340 g/mol. The molecule has 0 bridgehead atoms. The Kier molecular flexibility index (Phi) is 4.24. The highest BCUT2D eigenvalue weighted by molar-refractivity contribution is 7.88. The van der Waals surface area contributed by atoms with Crippen LogP contribution in [0.3, 0.4) is 0 Å². The van der Waals surface area contributed by atoms with Gasteiger partial charge in [0.25, 0.3) is 0 Å². The predicted molar refractivity (Wildman–Crippen MR) is 83.5 cm³/mol. The zero-order valence-electron chi connectivity index (χ0n) is 11.6. The van der Waals surface area contributed by atoms with Gasteiger partial charge in [-0.05, 0) is 29.3 Å². The van der Waals surface area contributed by atoms with Crippen LogP contribution in [0.2, 0.25) is 5.02 Å². The summed E-state index contributed by atoms with van der Waals surface area (Å²) < 4.78 is 37.3. The van der Waals surface area contributed by atoms with Crippen molar-refractivity contribution in [3.63, 3.8) is 0 Å². The lowest BCUT2D eigenvalue weighted by Crippen LogP contribution is -2.24. The Labute approximate surface area is 133 Å². The van der Waals surface area contributed by atoms with Crippen LogP contribution in [-0.2, 0) is 22.3 Å². The van der Waals surface area contributed by atoms with Gasteiger partial charge in [-0.2, -0.15) is 0 Å². The highest BCUT2D eigenvalue weighted by atomic mass is 35.5. The first kappa shape index (κ1) is 15.1. The Morgan fingerprint density at radius 3 is 2.68 bits per heavy atom. The van der Waals surface area contributed by atoms with E-state index in [9.17, 15) is 8.42 Å². The smallest absolute Gasteiger partial charge is 0.231 e. The second kappa shape index (κ2) is 6.16. The zero-order chi connectivity index (χ0) is 15.6. The molecule has 0 fully saturated rings. The Bertz CT molecular complexity index is 792. The van der Waals surface area contributed by atoms with E-state index in [1.807, 2.05) is 0 Å². The molecule has 0 radical (unpaired) electrons.